The highest BCUT2D eigenvalue weighted by atomic mass is 19.3. The van der Waals surface area contributed by atoms with E-state index in [1.54, 1.807) is 0 Å². The summed E-state index contributed by atoms with van der Waals surface area (Å²) in [5.74, 6) is -2.21. The number of ether oxygens (including phenoxy) is 1. The number of aliphatic carboxylic acids is 1. The van der Waals surface area contributed by atoms with Crippen LogP contribution in [-0.2, 0) is 4.79 Å². The summed E-state index contributed by atoms with van der Waals surface area (Å²) in [6.07, 6.45) is 1.69. The highest BCUT2D eigenvalue weighted by Crippen LogP contribution is 2.20. The molecule has 2 N–H and O–H groups in total. The van der Waals surface area contributed by atoms with E-state index in [0.29, 0.717) is 6.42 Å². The van der Waals surface area contributed by atoms with Gasteiger partial charge in [-0.3, -0.25) is 4.79 Å². The Hall–Kier alpha value is -2.18. The van der Waals surface area contributed by atoms with Crippen LogP contribution in [0.4, 0.5) is 8.78 Å². The minimum absolute atomic E-state index is 0.124. The van der Waals surface area contributed by atoms with Crippen molar-refractivity contribution in [1.82, 2.24) is 5.32 Å². The predicted octanol–water partition coefficient (Wildman–Crippen LogP) is 2.66. The van der Waals surface area contributed by atoms with Gasteiger partial charge < -0.3 is 15.2 Å². The molecule has 0 radical (unpaired) electrons. The fraction of sp³-hybridized carbons (Fsp3) is 0.429. The molecule has 7 heteroatoms. The first kappa shape index (κ1) is 16.9. The average molecular weight is 301 g/mol. The third kappa shape index (κ3) is 5.37. The first-order valence-electron chi connectivity index (χ1n) is 6.53. The minimum atomic E-state index is -3.06. The van der Waals surface area contributed by atoms with Crippen molar-refractivity contribution >= 4 is 11.9 Å². The number of carbonyl (C=O) groups excluding carboxylic acids is 1. The molecule has 1 aromatic rings. The number of carboxylic acid groups (broad SMARTS) is 1. The maximum absolute atomic E-state index is 12.3. The molecule has 1 atom stereocenters. The van der Waals surface area contributed by atoms with Crippen LogP contribution in [-0.4, -0.2) is 29.6 Å². The van der Waals surface area contributed by atoms with E-state index in [0.717, 1.165) is 6.42 Å². The molecule has 0 fully saturated rings. The molecule has 21 heavy (non-hydrogen) atoms. The number of hydrogen-bond acceptors (Lipinski definition) is 3. The van der Waals surface area contributed by atoms with Crippen molar-refractivity contribution in [2.45, 2.75) is 38.8 Å². The SMILES string of the molecule is CCCCC(NC(=O)c1ccccc1OC(F)F)C(=O)O. The first-order valence-corrected chi connectivity index (χ1v) is 6.53. The second-order valence-electron chi connectivity index (χ2n) is 4.38. The van der Waals surface area contributed by atoms with Gasteiger partial charge in [0.2, 0.25) is 0 Å². The lowest BCUT2D eigenvalue weighted by Crippen LogP contribution is -2.40. The molecule has 5 nitrogen and oxygen atoms in total. The van der Waals surface area contributed by atoms with Crippen LogP contribution in [0.3, 0.4) is 0 Å². The Kier molecular flexibility index (Phi) is 6.58. The number of alkyl halides is 2. The van der Waals surface area contributed by atoms with Gasteiger partial charge in [0, 0.05) is 0 Å². The van der Waals surface area contributed by atoms with Crippen LogP contribution in [0.5, 0.6) is 5.75 Å². The second kappa shape index (κ2) is 8.18. The number of nitrogens with one attached hydrogen (secondary N) is 1. The number of rotatable bonds is 8. The Morgan fingerprint density at radius 2 is 2.00 bits per heavy atom. The van der Waals surface area contributed by atoms with Gasteiger partial charge in [-0.05, 0) is 18.6 Å². The molecular weight excluding hydrogens is 284 g/mol. The lowest BCUT2D eigenvalue weighted by atomic mass is 10.1. The molecule has 1 amide bonds. The number of halogens is 2. The molecule has 0 saturated carbocycles. The van der Waals surface area contributed by atoms with Gasteiger partial charge in [0.25, 0.3) is 5.91 Å². The van der Waals surface area contributed by atoms with Gasteiger partial charge in [-0.25, -0.2) is 4.79 Å². The number of benzene rings is 1. The number of carbonyl (C=O) groups is 2. The van der Waals surface area contributed by atoms with E-state index in [9.17, 15) is 18.4 Å². The lowest BCUT2D eigenvalue weighted by Gasteiger charge is -2.15. The first-order chi connectivity index (χ1) is 9.95. The Morgan fingerprint density at radius 3 is 2.57 bits per heavy atom. The number of hydrogen-bond donors (Lipinski definition) is 2. The summed E-state index contributed by atoms with van der Waals surface area (Å²) in [4.78, 5) is 23.1. The van der Waals surface area contributed by atoms with Crippen LogP contribution < -0.4 is 10.1 Å². The maximum Gasteiger partial charge on any atom is 0.387 e. The van der Waals surface area contributed by atoms with Crippen molar-refractivity contribution in [3.05, 3.63) is 29.8 Å². The third-order valence-corrected chi connectivity index (χ3v) is 2.80. The Balaban J connectivity index is 2.84. The molecule has 1 unspecified atom stereocenters. The molecular formula is C14H17F2NO4. The number of para-hydroxylation sites is 1. The number of carboxylic acids is 1. The fourth-order valence-corrected chi connectivity index (χ4v) is 1.75. The molecule has 116 valence electrons. The number of unbranched alkanes of at least 4 members (excludes halogenated alkanes) is 1. The molecule has 0 saturated heterocycles. The van der Waals surface area contributed by atoms with Gasteiger partial charge in [0.15, 0.2) is 0 Å². The zero-order valence-corrected chi connectivity index (χ0v) is 11.5. The van der Waals surface area contributed by atoms with Crippen LogP contribution in [0.2, 0.25) is 0 Å². The highest BCUT2D eigenvalue weighted by molar-refractivity contribution is 5.98. The molecule has 0 bridgehead atoms. The molecule has 0 aliphatic carbocycles. The molecule has 0 spiro atoms. The standard InChI is InChI=1S/C14H17F2NO4/c1-2-3-7-10(13(19)20)17-12(18)9-6-4-5-8-11(9)21-14(15)16/h4-6,8,10,14H,2-3,7H2,1H3,(H,17,18)(H,19,20). The molecule has 0 aliphatic heterocycles. The van der Waals surface area contributed by atoms with E-state index in [-0.39, 0.29) is 17.7 Å². The van der Waals surface area contributed by atoms with Crippen molar-refractivity contribution < 1.29 is 28.2 Å². The van der Waals surface area contributed by atoms with Crippen molar-refractivity contribution in [2.75, 3.05) is 0 Å². The van der Waals surface area contributed by atoms with E-state index in [2.05, 4.69) is 10.1 Å². The van der Waals surface area contributed by atoms with Gasteiger partial charge in [0.1, 0.15) is 11.8 Å². The Labute approximate surface area is 120 Å². The van der Waals surface area contributed by atoms with Gasteiger partial charge >= 0.3 is 12.6 Å². The fourth-order valence-electron chi connectivity index (χ4n) is 1.75. The van der Waals surface area contributed by atoms with Crippen LogP contribution in [0, 0.1) is 0 Å². The van der Waals surface area contributed by atoms with E-state index >= 15 is 0 Å². The van der Waals surface area contributed by atoms with Crippen LogP contribution in [0.1, 0.15) is 36.5 Å². The highest BCUT2D eigenvalue weighted by Gasteiger charge is 2.22. The van der Waals surface area contributed by atoms with E-state index in [1.807, 2.05) is 6.92 Å². The van der Waals surface area contributed by atoms with Gasteiger partial charge in [-0.15, -0.1) is 0 Å². The predicted molar refractivity (Wildman–Crippen MR) is 71.5 cm³/mol. The second-order valence-corrected chi connectivity index (χ2v) is 4.38. The average Bonchev–Trinajstić information content (AvgIpc) is 2.42. The molecule has 1 rings (SSSR count). The normalized spacial score (nSPS) is 12.0. The van der Waals surface area contributed by atoms with Crippen LogP contribution >= 0.6 is 0 Å². The Morgan fingerprint density at radius 1 is 1.33 bits per heavy atom. The summed E-state index contributed by atoms with van der Waals surface area (Å²) < 4.78 is 28.8. The summed E-state index contributed by atoms with van der Waals surface area (Å²) in [5, 5.41) is 11.4. The molecule has 0 aliphatic rings. The third-order valence-electron chi connectivity index (χ3n) is 2.80. The maximum atomic E-state index is 12.3. The summed E-state index contributed by atoms with van der Waals surface area (Å²) in [7, 11) is 0. The number of amides is 1. The summed E-state index contributed by atoms with van der Waals surface area (Å²) >= 11 is 0. The van der Waals surface area contributed by atoms with E-state index in [4.69, 9.17) is 5.11 Å². The monoisotopic (exact) mass is 301 g/mol. The molecule has 0 heterocycles. The van der Waals surface area contributed by atoms with Gasteiger partial charge in [-0.2, -0.15) is 8.78 Å². The van der Waals surface area contributed by atoms with Crippen molar-refractivity contribution in [3.8, 4) is 5.75 Å². The molecule has 1 aromatic carbocycles. The largest absolute Gasteiger partial charge is 0.480 e. The quantitative estimate of drug-likeness (QED) is 0.774. The molecule has 0 aromatic heterocycles. The lowest BCUT2D eigenvalue weighted by molar-refractivity contribution is -0.139. The van der Waals surface area contributed by atoms with Crippen molar-refractivity contribution in [1.29, 1.82) is 0 Å². The van der Waals surface area contributed by atoms with E-state index in [1.165, 1.54) is 24.3 Å². The van der Waals surface area contributed by atoms with Crippen molar-refractivity contribution in [3.63, 3.8) is 0 Å². The van der Waals surface area contributed by atoms with Crippen molar-refractivity contribution in [2.24, 2.45) is 0 Å². The zero-order chi connectivity index (χ0) is 15.8. The summed E-state index contributed by atoms with van der Waals surface area (Å²) in [6, 6.07) is 4.39. The van der Waals surface area contributed by atoms with Crippen LogP contribution in [0.25, 0.3) is 0 Å². The van der Waals surface area contributed by atoms with Gasteiger partial charge in [0.05, 0.1) is 5.56 Å². The van der Waals surface area contributed by atoms with Gasteiger partial charge in [-0.1, -0.05) is 31.9 Å². The zero-order valence-electron chi connectivity index (χ0n) is 11.5. The van der Waals surface area contributed by atoms with Crippen LogP contribution in [0.15, 0.2) is 24.3 Å². The minimum Gasteiger partial charge on any atom is -0.480 e. The smallest absolute Gasteiger partial charge is 0.387 e. The topological polar surface area (TPSA) is 75.6 Å². The van der Waals surface area contributed by atoms with E-state index < -0.39 is 24.5 Å². The summed E-state index contributed by atoms with van der Waals surface area (Å²) in [5.41, 5.74) is -0.124. The summed E-state index contributed by atoms with van der Waals surface area (Å²) in [6.45, 7) is -1.17. The Bertz CT molecular complexity index is 494.